The first-order valence-corrected chi connectivity index (χ1v) is 13.1. The Morgan fingerprint density at radius 1 is 1.03 bits per heavy atom. The van der Waals surface area contributed by atoms with Crippen LogP contribution in [0.5, 0.6) is 5.75 Å². The summed E-state index contributed by atoms with van der Waals surface area (Å²) >= 11 is 0. The minimum absolute atomic E-state index is 0.0364. The largest absolute Gasteiger partial charge is 0.489 e. The van der Waals surface area contributed by atoms with E-state index in [1.165, 1.54) is 12.0 Å². The van der Waals surface area contributed by atoms with Crippen LogP contribution in [-0.2, 0) is 21.6 Å². The number of hydrogen-bond acceptors (Lipinski definition) is 7. The van der Waals surface area contributed by atoms with Crippen LogP contribution >= 0.6 is 0 Å². The quantitative estimate of drug-likeness (QED) is 0.432. The molecule has 1 saturated carbocycles. The van der Waals surface area contributed by atoms with Gasteiger partial charge < -0.3 is 14.8 Å². The summed E-state index contributed by atoms with van der Waals surface area (Å²) in [4.78, 5) is 13.4. The van der Waals surface area contributed by atoms with Crippen molar-refractivity contribution in [2.24, 2.45) is 0 Å². The second-order valence-corrected chi connectivity index (χ2v) is 11.0. The van der Waals surface area contributed by atoms with Gasteiger partial charge in [-0.2, -0.15) is 4.68 Å². The van der Waals surface area contributed by atoms with E-state index in [0.29, 0.717) is 23.8 Å². The molecule has 194 valence electrons. The maximum Gasteiger partial charge on any atom is 0.338 e. The fourth-order valence-corrected chi connectivity index (χ4v) is 5.00. The van der Waals surface area contributed by atoms with Gasteiger partial charge in [-0.05, 0) is 77.3 Å². The lowest BCUT2D eigenvalue weighted by atomic mass is 9.87. The second kappa shape index (κ2) is 10.4. The fraction of sp³-hybridized carbons (Fsp3) is 0.448. The molecule has 1 N–H and O–H groups in total. The highest BCUT2D eigenvalue weighted by atomic mass is 16.5. The summed E-state index contributed by atoms with van der Waals surface area (Å²) in [7, 11) is 0. The first-order chi connectivity index (χ1) is 17.8. The number of aromatic nitrogens is 4. The molecule has 8 heteroatoms. The molecule has 0 saturated heterocycles. The first kappa shape index (κ1) is 25.0. The SMILES string of the molecule is CC1=C(C(=O)OC2CCCCC2)C(c2ccc(OCc3ccc(C(C)(C)C)cc3)cc2)n2nnnc2N1. The van der Waals surface area contributed by atoms with E-state index >= 15 is 0 Å². The average Bonchev–Trinajstić information content (AvgIpc) is 3.35. The lowest BCUT2D eigenvalue weighted by Crippen LogP contribution is -2.32. The van der Waals surface area contributed by atoms with Gasteiger partial charge in [0.2, 0.25) is 5.95 Å². The summed E-state index contributed by atoms with van der Waals surface area (Å²) < 4.78 is 13.6. The molecule has 0 bridgehead atoms. The normalized spacial score (nSPS) is 18.2. The predicted octanol–water partition coefficient (Wildman–Crippen LogP) is 5.71. The monoisotopic (exact) mass is 501 g/mol. The molecule has 0 amide bonds. The molecule has 2 aliphatic rings. The Morgan fingerprint density at radius 3 is 2.41 bits per heavy atom. The minimum Gasteiger partial charge on any atom is -0.489 e. The number of tetrazole rings is 1. The van der Waals surface area contributed by atoms with Crippen LogP contribution in [0.25, 0.3) is 0 Å². The van der Waals surface area contributed by atoms with Crippen LogP contribution in [0, 0.1) is 0 Å². The van der Waals surface area contributed by atoms with E-state index in [1.807, 2.05) is 31.2 Å². The van der Waals surface area contributed by atoms with Gasteiger partial charge in [0.25, 0.3) is 0 Å². The van der Waals surface area contributed by atoms with Gasteiger partial charge >= 0.3 is 5.97 Å². The van der Waals surface area contributed by atoms with Crippen molar-refractivity contribution in [2.45, 2.75) is 84.0 Å². The van der Waals surface area contributed by atoms with Gasteiger partial charge in [0.1, 0.15) is 24.5 Å². The Balaban J connectivity index is 1.33. The smallest absolute Gasteiger partial charge is 0.338 e. The van der Waals surface area contributed by atoms with Gasteiger partial charge in [0.15, 0.2) is 0 Å². The van der Waals surface area contributed by atoms with E-state index in [2.05, 4.69) is 65.9 Å². The van der Waals surface area contributed by atoms with Crippen molar-refractivity contribution in [1.29, 1.82) is 0 Å². The van der Waals surface area contributed by atoms with E-state index in [1.54, 1.807) is 4.68 Å². The number of benzene rings is 2. The molecule has 8 nitrogen and oxygen atoms in total. The maximum absolute atomic E-state index is 13.4. The molecular formula is C29H35N5O3. The summed E-state index contributed by atoms with van der Waals surface area (Å²) in [5.41, 5.74) is 4.64. The summed E-state index contributed by atoms with van der Waals surface area (Å²) in [5.74, 6) is 0.930. The van der Waals surface area contributed by atoms with Crippen LogP contribution in [0.4, 0.5) is 5.95 Å². The molecule has 0 spiro atoms. The number of carbonyl (C=O) groups is 1. The number of fused-ring (bicyclic) bond motifs is 1. The van der Waals surface area contributed by atoms with Crippen molar-refractivity contribution < 1.29 is 14.3 Å². The molecule has 2 aromatic carbocycles. The molecule has 1 atom stereocenters. The Morgan fingerprint density at radius 2 is 1.73 bits per heavy atom. The molecule has 3 aromatic rings. The summed E-state index contributed by atoms with van der Waals surface area (Å²) in [5, 5.41) is 15.2. The van der Waals surface area contributed by atoms with Crippen molar-refractivity contribution in [1.82, 2.24) is 20.2 Å². The molecule has 2 heterocycles. The number of esters is 1. The molecular weight excluding hydrogens is 466 g/mol. The van der Waals surface area contributed by atoms with E-state index < -0.39 is 6.04 Å². The Kier molecular flexibility index (Phi) is 7.00. The van der Waals surface area contributed by atoms with Crippen LogP contribution in [-0.4, -0.2) is 32.3 Å². The van der Waals surface area contributed by atoms with Crippen molar-refractivity contribution >= 4 is 11.9 Å². The van der Waals surface area contributed by atoms with Gasteiger partial charge in [0.05, 0.1) is 5.57 Å². The lowest BCUT2D eigenvalue weighted by Gasteiger charge is -2.29. The number of allylic oxidation sites excluding steroid dienone is 1. The van der Waals surface area contributed by atoms with Crippen LogP contribution in [0.2, 0.25) is 0 Å². The molecule has 1 fully saturated rings. The maximum atomic E-state index is 13.4. The number of ether oxygens (including phenoxy) is 2. The number of anilines is 1. The average molecular weight is 502 g/mol. The van der Waals surface area contributed by atoms with E-state index in [9.17, 15) is 4.79 Å². The summed E-state index contributed by atoms with van der Waals surface area (Å²) in [6.45, 7) is 8.97. The number of nitrogens with one attached hydrogen (secondary N) is 1. The van der Waals surface area contributed by atoms with Gasteiger partial charge in [-0.3, -0.25) is 0 Å². The third-order valence-corrected chi connectivity index (χ3v) is 7.18. The highest BCUT2D eigenvalue weighted by Gasteiger charge is 2.36. The summed E-state index contributed by atoms with van der Waals surface area (Å²) in [6.07, 6.45) is 5.18. The highest BCUT2D eigenvalue weighted by Crippen LogP contribution is 2.36. The van der Waals surface area contributed by atoms with Crippen LogP contribution in [0.15, 0.2) is 59.8 Å². The molecule has 0 radical (unpaired) electrons. The first-order valence-electron chi connectivity index (χ1n) is 13.1. The Hall–Kier alpha value is -3.68. The predicted molar refractivity (Wildman–Crippen MR) is 141 cm³/mol. The molecule has 37 heavy (non-hydrogen) atoms. The van der Waals surface area contributed by atoms with Gasteiger partial charge in [-0.1, -0.05) is 68.7 Å². The van der Waals surface area contributed by atoms with Crippen LogP contribution < -0.4 is 10.1 Å². The summed E-state index contributed by atoms with van der Waals surface area (Å²) in [6, 6.07) is 15.8. The zero-order valence-corrected chi connectivity index (χ0v) is 22.0. The number of rotatable bonds is 6. The number of hydrogen-bond donors (Lipinski definition) is 1. The van der Waals surface area contributed by atoms with Gasteiger partial charge in [0, 0.05) is 5.70 Å². The zero-order chi connectivity index (χ0) is 26.0. The molecule has 1 aromatic heterocycles. The topological polar surface area (TPSA) is 91.2 Å². The zero-order valence-electron chi connectivity index (χ0n) is 22.0. The standard InChI is InChI=1S/C29H35N5O3/c1-19-25(27(35)37-24-8-6-5-7-9-24)26(34-28(30-19)31-32-33-34)21-12-16-23(17-13-21)36-18-20-10-14-22(15-11-20)29(2,3)4/h10-17,24,26H,5-9,18H2,1-4H3,(H,30,31,33). The van der Waals surface area contributed by atoms with Crippen molar-refractivity contribution in [3.63, 3.8) is 0 Å². The lowest BCUT2D eigenvalue weighted by molar-refractivity contribution is -0.146. The molecule has 5 rings (SSSR count). The van der Waals surface area contributed by atoms with E-state index in [0.717, 1.165) is 42.6 Å². The van der Waals surface area contributed by atoms with Crippen LogP contribution in [0.1, 0.15) is 82.5 Å². The third-order valence-electron chi connectivity index (χ3n) is 7.18. The number of nitrogens with zero attached hydrogens (tertiary/aromatic N) is 4. The van der Waals surface area contributed by atoms with Crippen molar-refractivity contribution in [3.05, 3.63) is 76.5 Å². The third kappa shape index (κ3) is 5.53. The molecule has 1 aliphatic heterocycles. The molecule has 1 aliphatic carbocycles. The Bertz CT molecular complexity index is 1270. The molecule has 1 unspecified atom stereocenters. The second-order valence-electron chi connectivity index (χ2n) is 11.0. The van der Waals surface area contributed by atoms with Crippen molar-refractivity contribution in [3.8, 4) is 5.75 Å². The van der Waals surface area contributed by atoms with Crippen LogP contribution in [0.3, 0.4) is 0 Å². The number of carbonyl (C=O) groups excluding carboxylic acids is 1. The van der Waals surface area contributed by atoms with E-state index in [4.69, 9.17) is 9.47 Å². The van der Waals surface area contributed by atoms with Gasteiger partial charge in [-0.25, -0.2) is 4.79 Å². The highest BCUT2D eigenvalue weighted by molar-refractivity contribution is 5.92. The minimum atomic E-state index is -0.485. The van der Waals surface area contributed by atoms with Crippen molar-refractivity contribution in [2.75, 3.05) is 5.32 Å². The van der Waals surface area contributed by atoms with Gasteiger partial charge in [-0.15, -0.1) is 0 Å². The fourth-order valence-electron chi connectivity index (χ4n) is 5.00. The van der Waals surface area contributed by atoms with E-state index in [-0.39, 0.29) is 17.5 Å². The Labute approximate surface area is 218 Å².